The van der Waals surface area contributed by atoms with E-state index in [1.54, 1.807) is 44.3 Å². The van der Waals surface area contributed by atoms with Crippen molar-refractivity contribution >= 4 is 11.8 Å². The molecule has 0 aromatic carbocycles. The number of methoxy groups -OCH3 is 4. The second-order valence-corrected chi connectivity index (χ2v) is 5.99. The molecule has 1 heterocycles. The predicted molar refractivity (Wildman–Crippen MR) is 104 cm³/mol. The third-order valence-electron chi connectivity index (χ3n) is 4.06. The lowest BCUT2D eigenvalue weighted by Gasteiger charge is -2.23. The van der Waals surface area contributed by atoms with Gasteiger partial charge in [0, 0.05) is 66.4 Å². The van der Waals surface area contributed by atoms with Crippen LogP contribution >= 0.6 is 0 Å². The average Bonchev–Trinajstić information content (AvgIpc) is 2.73. The molecular weight excluding hydrogens is 366 g/mol. The summed E-state index contributed by atoms with van der Waals surface area (Å²) in [6.45, 7) is 3.29. The first kappa shape index (κ1) is 24.0. The molecule has 0 aliphatic rings. The molecule has 0 saturated carbocycles. The Bertz CT molecular complexity index is 536. The van der Waals surface area contributed by atoms with Gasteiger partial charge in [-0.2, -0.15) is 0 Å². The number of pyridine rings is 1. The molecular formula is C19H31N3O6. The highest BCUT2D eigenvalue weighted by Gasteiger charge is 2.20. The fourth-order valence-electron chi connectivity index (χ4n) is 2.46. The molecule has 0 atom stereocenters. The van der Waals surface area contributed by atoms with E-state index in [2.05, 4.69) is 4.98 Å². The molecule has 0 spiro atoms. The molecule has 1 aromatic rings. The fourth-order valence-corrected chi connectivity index (χ4v) is 2.46. The number of amides is 2. The molecule has 1 rings (SSSR count). The largest absolute Gasteiger partial charge is 0.383 e. The van der Waals surface area contributed by atoms with Crippen LogP contribution in [-0.2, 0) is 18.9 Å². The van der Waals surface area contributed by atoms with Crippen LogP contribution in [0.3, 0.4) is 0 Å². The molecule has 0 saturated heterocycles. The first-order chi connectivity index (χ1) is 13.6. The number of aromatic nitrogens is 1. The monoisotopic (exact) mass is 397 g/mol. The first-order valence-corrected chi connectivity index (χ1v) is 9.09. The van der Waals surface area contributed by atoms with Crippen LogP contribution in [0.1, 0.15) is 20.8 Å². The number of carbonyl (C=O) groups is 2. The summed E-state index contributed by atoms with van der Waals surface area (Å²) >= 11 is 0. The van der Waals surface area contributed by atoms with Crippen molar-refractivity contribution in [2.75, 3.05) is 81.0 Å². The summed E-state index contributed by atoms with van der Waals surface area (Å²) < 4.78 is 20.3. The van der Waals surface area contributed by atoms with E-state index in [0.717, 1.165) is 0 Å². The van der Waals surface area contributed by atoms with Crippen molar-refractivity contribution in [3.63, 3.8) is 0 Å². The Labute approximate surface area is 166 Å². The molecule has 0 N–H and O–H groups in total. The molecule has 0 unspecified atom stereocenters. The van der Waals surface area contributed by atoms with Crippen molar-refractivity contribution in [1.82, 2.24) is 14.8 Å². The van der Waals surface area contributed by atoms with E-state index in [1.165, 1.54) is 12.3 Å². The van der Waals surface area contributed by atoms with Gasteiger partial charge in [0.25, 0.3) is 11.8 Å². The highest BCUT2D eigenvalue weighted by molar-refractivity contribution is 5.98. The van der Waals surface area contributed by atoms with E-state index in [4.69, 9.17) is 18.9 Å². The van der Waals surface area contributed by atoms with E-state index >= 15 is 0 Å². The molecule has 28 heavy (non-hydrogen) atoms. The first-order valence-electron chi connectivity index (χ1n) is 9.09. The van der Waals surface area contributed by atoms with Crippen LogP contribution in [0.5, 0.6) is 0 Å². The van der Waals surface area contributed by atoms with Gasteiger partial charge in [0.05, 0.1) is 26.4 Å². The molecule has 9 nitrogen and oxygen atoms in total. The lowest BCUT2D eigenvalue weighted by molar-refractivity contribution is 0.0619. The van der Waals surface area contributed by atoms with Crippen molar-refractivity contribution in [2.45, 2.75) is 0 Å². The smallest absolute Gasteiger partial charge is 0.272 e. The second kappa shape index (κ2) is 14.0. The maximum atomic E-state index is 12.9. The zero-order valence-corrected chi connectivity index (χ0v) is 17.2. The van der Waals surface area contributed by atoms with Gasteiger partial charge < -0.3 is 28.7 Å². The Hall–Kier alpha value is -2.07. The molecule has 0 aliphatic carbocycles. The van der Waals surface area contributed by atoms with Crippen molar-refractivity contribution in [2.24, 2.45) is 0 Å². The molecule has 2 amide bonds. The molecule has 158 valence electrons. The Morgan fingerprint density at radius 1 is 0.786 bits per heavy atom. The maximum Gasteiger partial charge on any atom is 0.272 e. The third kappa shape index (κ3) is 7.89. The molecule has 0 bridgehead atoms. The lowest BCUT2D eigenvalue weighted by atomic mass is 10.2. The number of carbonyl (C=O) groups excluding carboxylic acids is 2. The van der Waals surface area contributed by atoms with Crippen LogP contribution in [-0.4, -0.2) is 108 Å². The van der Waals surface area contributed by atoms with E-state index in [-0.39, 0.29) is 17.5 Å². The predicted octanol–water partition coefficient (Wildman–Crippen LogP) is 0.552. The van der Waals surface area contributed by atoms with Crippen LogP contribution in [0.15, 0.2) is 18.3 Å². The minimum atomic E-state index is -0.274. The van der Waals surface area contributed by atoms with Gasteiger partial charge in [0.1, 0.15) is 5.69 Å². The zero-order chi connectivity index (χ0) is 20.8. The molecule has 0 aliphatic heterocycles. The van der Waals surface area contributed by atoms with Crippen molar-refractivity contribution < 1.29 is 28.5 Å². The molecule has 0 fully saturated rings. The van der Waals surface area contributed by atoms with E-state index in [0.29, 0.717) is 58.2 Å². The fraction of sp³-hybridized carbons (Fsp3) is 0.632. The number of nitrogens with zero attached hydrogens (tertiary/aromatic N) is 3. The Balaban J connectivity index is 2.97. The summed E-state index contributed by atoms with van der Waals surface area (Å²) in [5.41, 5.74) is 0.598. The van der Waals surface area contributed by atoms with Crippen LogP contribution in [0.2, 0.25) is 0 Å². The van der Waals surface area contributed by atoms with Gasteiger partial charge in [-0.15, -0.1) is 0 Å². The summed E-state index contributed by atoms with van der Waals surface area (Å²) in [5, 5.41) is 0. The van der Waals surface area contributed by atoms with Gasteiger partial charge >= 0.3 is 0 Å². The van der Waals surface area contributed by atoms with Crippen LogP contribution in [0, 0.1) is 0 Å². The van der Waals surface area contributed by atoms with Gasteiger partial charge in [0.2, 0.25) is 0 Å². The summed E-state index contributed by atoms with van der Waals surface area (Å²) in [4.78, 5) is 33.1. The quantitative estimate of drug-likeness (QED) is 0.453. The summed E-state index contributed by atoms with van der Waals surface area (Å²) in [7, 11) is 6.31. The Morgan fingerprint density at radius 3 is 1.64 bits per heavy atom. The van der Waals surface area contributed by atoms with Crippen molar-refractivity contribution in [1.29, 1.82) is 0 Å². The van der Waals surface area contributed by atoms with Crippen LogP contribution in [0.25, 0.3) is 0 Å². The van der Waals surface area contributed by atoms with Crippen molar-refractivity contribution in [3.8, 4) is 0 Å². The van der Waals surface area contributed by atoms with Crippen LogP contribution in [0.4, 0.5) is 0 Å². The Kier molecular flexibility index (Phi) is 12.0. The molecule has 0 radical (unpaired) electrons. The number of hydrogen-bond donors (Lipinski definition) is 0. The van der Waals surface area contributed by atoms with Crippen LogP contribution < -0.4 is 0 Å². The van der Waals surface area contributed by atoms with Gasteiger partial charge in [-0.3, -0.25) is 14.6 Å². The third-order valence-corrected chi connectivity index (χ3v) is 4.06. The summed E-state index contributed by atoms with van der Waals surface area (Å²) in [5.74, 6) is -0.477. The minimum Gasteiger partial charge on any atom is -0.383 e. The van der Waals surface area contributed by atoms with Gasteiger partial charge in [0.15, 0.2) is 0 Å². The van der Waals surface area contributed by atoms with Gasteiger partial charge in [-0.25, -0.2) is 0 Å². The molecule has 9 heteroatoms. The van der Waals surface area contributed by atoms with Gasteiger partial charge in [-0.1, -0.05) is 0 Å². The maximum absolute atomic E-state index is 12.9. The normalized spacial score (nSPS) is 10.7. The second-order valence-electron chi connectivity index (χ2n) is 5.99. The SMILES string of the molecule is COCCN(CCOC)C(=O)c1ccnc(C(=O)N(CCOC)CCOC)c1. The van der Waals surface area contributed by atoms with E-state index < -0.39 is 0 Å². The van der Waals surface area contributed by atoms with E-state index in [9.17, 15) is 9.59 Å². The number of rotatable bonds is 14. The lowest BCUT2D eigenvalue weighted by Crippen LogP contribution is -2.38. The standard InChI is InChI=1S/C19H31N3O6/c1-25-11-7-21(8-12-26-2)18(23)16-5-6-20-17(15-16)19(24)22(9-13-27-3)10-14-28-4/h5-6,15H,7-14H2,1-4H3. The van der Waals surface area contributed by atoms with Crippen molar-refractivity contribution in [3.05, 3.63) is 29.6 Å². The number of ether oxygens (including phenoxy) is 4. The average molecular weight is 397 g/mol. The minimum absolute atomic E-state index is 0.203. The number of hydrogen-bond acceptors (Lipinski definition) is 7. The highest BCUT2D eigenvalue weighted by Crippen LogP contribution is 2.09. The summed E-state index contributed by atoms with van der Waals surface area (Å²) in [6.07, 6.45) is 1.47. The van der Waals surface area contributed by atoms with E-state index in [1.807, 2.05) is 0 Å². The Morgan fingerprint density at radius 2 is 1.21 bits per heavy atom. The van der Waals surface area contributed by atoms with Gasteiger partial charge in [-0.05, 0) is 12.1 Å². The highest BCUT2D eigenvalue weighted by atomic mass is 16.5. The zero-order valence-electron chi connectivity index (χ0n) is 17.2. The molecule has 1 aromatic heterocycles. The topological polar surface area (TPSA) is 90.4 Å². The summed E-state index contributed by atoms with van der Waals surface area (Å²) in [6, 6.07) is 3.12.